The van der Waals surface area contributed by atoms with Crippen LogP contribution in [0.15, 0.2) is 54.6 Å². The molecule has 162 valence electrons. The van der Waals surface area contributed by atoms with Gasteiger partial charge in [-0.3, -0.25) is 4.68 Å². The minimum atomic E-state index is -0.680. The summed E-state index contributed by atoms with van der Waals surface area (Å²) in [4.78, 5) is 21.5. The molecule has 3 heterocycles. The zero-order valence-electron chi connectivity index (χ0n) is 17.9. The van der Waals surface area contributed by atoms with Crippen LogP contribution in [-0.4, -0.2) is 45.8 Å². The summed E-state index contributed by atoms with van der Waals surface area (Å²) in [6.45, 7) is 3.14. The van der Waals surface area contributed by atoms with Gasteiger partial charge in [0.15, 0.2) is 5.82 Å². The number of hydrogen-bond donors (Lipinski definition) is 2. The first kappa shape index (κ1) is 20.1. The molecule has 1 aliphatic rings. The van der Waals surface area contributed by atoms with Crippen LogP contribution >= 0.6 is 0 Å². The van der Waals surface area contributed by atoms with Crippen LogP contribution in [0.5, 0.6) is 0 Å². The van der Waals surface area contributed by atoms with Gasteiger partial charge in [0.05, 0.1) is 30.1 Å². The summed E-state index contributed by atoms with van der Waals surface area (Å²) in [5, 5.41) is 8.95. The van der Waals surface area contributed by atoms with Gasteiger partial charge in [-0.15, -0.1) is 0 Å². The van der Waals surface area contributed by atoms with Gasteiger partial charge in [-0.2, -0.15) is 5.10 Å². The lowest BCUT2D eigenvalue weighted by molar-refractivity contribution is -0.109. The van der Waals surface area contributed by atoms with Crippen LogP contribution in [0.4, 0.5) is 11.6 Å². The van der Waals surface area contributed by atoms with Gasteiger partial charge in [-0.05, 0) is 18.6 Å². The van der Waals surface area contributed by atoms with Crippen molar-refractivity contribution in [3.8, 4) is 11.5 Å². The number of carbonyl (C=O) groups excluding carboxylic acids is 1. The van der Waals surface area contributed by atoms with Gasteiger partial charge in [0.1, 0.15) is 23.6 Å². The number of aldehydes is 1. The Bertz CT molecular complexity index is 1300. The molecule has 0 fully saturated rings. The van der Waals surface area contributed by atoms with Crippen LogP contribution < -0.4 is 11.1 Å². The van der Waals surface area contributed by atoms with E-state index in [1.165, 1.54) is 0 Å². The zero-order chi connectivity index (χ0) is 22.3. The molecule has 4 aromatic rings. The summed E-state index contributed by atoms with van der Waals surface area (Å²) < 4.78 is 7.11. The number of anilines is 2. The monoisotopic (exact) mass is 428 g/mol. The molecule has 5 rings (SSSR count). The predicted octanol–water partition coefficient (Wildman–Crippen LogP) is 3.02. The van der Waals surface area contributed by atoms with Gasteiger partial charge in [0.25, 0.3) is 0 Å². The molecule has 8 nitrogen and oxygen atoms in total. The smallest absolute Gasteiger partial charge is 0.184 e. The molecular formula is C24H24N6O2. The fourth-order valence-electron chi connectivity index (χ4n) is 4.57. The lowest BCUT2D eigenvalue weighted by Gasteiger charge is -2.29. The molecule has 8 heteroatoms. The van der Waals surface area contributed by atoms with Crippen molar-refractivity contribution < 1.29 is 9.53 Å². The highest BCUT2D eigenvalue weighted by Gasteiger charge is 2.47. The first-order valence-corrected chi connectivity index (χ1v) is 10.5. The van der Waals surface area contributed by atoms with E-state index < -0.39 is 11.5 Å². The van der Waals surface area contributed by atoms with Crippen molar-refractivity contribution in [2.24, 2.45) is 0 Å². The maximum absolute atomic E-state index is 12.0. The fraction of sp³-hybridized carbons (Fsp3) is 0.250. The van der Waals surface area contributed by atoms with Crippen LogP contribution in [0, 0.1) is 0 Å². The maximum atomic E-state index is 12.0. The average Bonchev–Trinajstić information content (AvgIpc) is 3.34. The second-order valence-electron chi connectivity index (χ2n) is 8.06. The highest BCUT2D eigenvalue weighted by atomic mass is 16.5. The summed E-state index contributed by atoms with van der Waals surface area (Å²) in [6, 6.07) is 17.2. The Labute approximate surface area is 185 Å². The molecule has 3 N–H and O–H groups in total. The quantitative estimate of drug-likeness (QED) is 0.455. The molecule has 2 aromatic carbocycles. The molecule has 0 saturated carbocycles. The molecule has 2 aromatic heterocycles. The van der Waals surface area contributed by atoms with E-state index in [0.717, 1.165) is 28.3 Å². The van der Waals surface area contributed by atoms with E-state index in [1.807, 2.05) is 66.2 Å². The van der Waals surface area contributed by atoms with E-state index in [9.17, 15) is 4.79 Å². The first-order valence-electron chi connectivity index (χ1n) is 10.5. The summed E-state index contributed by atoms with van der Waals surface area (Å²) in [7, 11) is 1.66. The summed E-state index contributed by atoms with van der Waals surface area (Å²) in [5.41, 5.74) is 9.14. The topological polar surface area (TPSA) is 108 Å². The Morgan fingerprint density at radius 3 is 2.66 bits per heavy atom. The number of methoxy groups -OCH3 is 1. The number of fused-ring (bicyclic) bond motifs is 2. The van der Waals surface area contributed by atoms with Gasteiger partial charge >= 0.3 is 0 Å². The third-order valence-corrected chi connectivity index (χ3v) is 6.26. The standard InChI is InChI=1S/C24H24N6O2/c1-24(15-8-4-3-5-9-15)18(14-31)26-22-19(24)21(25)27-23(28-22)20-16-10-6-7-11-17(16)30(29-20)12-13-32-2/h3-11,14,18H,12-13H2,1-2H3,(H3,25,26,27,28). The molecule has 0 bridgehead atoms. The van der Waals surface area contributed by atoms with Gasteiger partial charge in [0, 0.05) is 18.1 Å². The third-order valence-electron chi connectivity index (χ3n) is 6.26. The van der Waals surface area contributed by atoms with Crippen molar-refractivity contribution in [2.75, 3.05) is 24.8 Å². The van der Waals surface area contributed by atoms with Gasteiger partial charge in [0.2, 0.25) is 0 Å². The highest BCUT2D eigenvalue weighted by molar-refractivity contribution is 5.92. The van der Waals surface area contributed by atoms with Gasteiger partial charge in [-0.25, -0.2) is 9.97 Å². The molecule has 0 spiro atoms. The fourth-order valence-corrected chi connectivity index (χ4v) is 4.57. The Kier molecular flexibility index (Phi) is 4.86. The zero-order valence-corrected chi connectivity index (χ0v) is 17.9. The molecule has 32 heavy (non-hydrogen) atoms. The average molecular weight is 428 g/mol. The van der Waals surface area contributed by atoms with E-state index in [4.69, 9.17) is 20.6 Å². The van der Waals surface area contributed by atoms with E-state index in [0.29, 0.717) is 36.3 Å². The summed E-state index contributed by atoms with van der Waals surface area (Å²) in [6.07, 6.45) is 0.905. The number of nitrogen functional groups attached to an aromatic ring is 1. The Morgan fingerprint density at radius 1 is 1.16 bits per heavy atom. The van der Waals surface area contributed by atoms with Crippen LogP contribution in [0.1, 0.15) is 18.1 Å². The van der Waals surface area contributed by atoms with E-state index in [-0.39, 0.29) is 0 Å². The molecule has 2 atom stereocenters. The predicted molar refractivity (Wildman–Crippen MR) is 123 cm³/mol. The number of rotatable bonds is 6. The maximum Gasteiger partial charge on any atom is 0.184 e. The van der Waals surface area contributed by atoms with Crippen molar-refractivity contribution >= 4 is 28.8 Å². The molecule has 1 aliphatic heterocycles. The molecular weight excluding hydrogens is 404 g/mol. The number of aromatic nitrogens is 4. The number of benzene rings is 2. The SMILES string of the molecule is COCCn1nc(-c2nc(N)c3c(n2)NC(C=O)C3(C)c2ccccc2)c2ccccc21. The van der Waals surface area contributed by atoms with Crippen LogP contribution in [0.25, 0.3) is 22.4 Å². The molecule has 0 aliphatic carbocycles. The molecule has 0 radical (unpaired) electrons. The van der Waals surface area contributed by atoms with E-state index in [2.05, 4.69) is 10.3 Å². The third kappa shape index (κ3) is 2.95. The van der Waals surface area contributed by atoms with Crippen LogP contribution in [0.3, 0.4) is 0 Å². The van der Waals surface area contributed by atoms with E-state index in [1.54, 1.807) is 7.11 Å². The van der Waals surface area contributed by atoms with Crippen molar-refractivity contribution in [1.82, 2.24) is 19.7 Å². The Balaban J connectivity index is 1.67. The van der Waals surface area contributed by atoms with Crippen molar-refractivity contribution in [1.29, 1.82) is 0 Å². The summed E-state index contributed by atoms with van der Waals surface area (Å²) in [5.74, 6) is 1.32. The minimum absolute atomic E-state index is 0.337. The Hall–Kier alpha value is -3.78. The Morgan fingerprint density at radius 2 is 1.91 bits per heavy atom. The number of nitrogens with zero attached hydrogens (tertiary/aromatic N) is 4. The lowest BCUT2D eigenvalue weighted by atomic mass is 9.73. The molecule has 2 unspecified atom stereocenters. The highest BCUT2D eigenvalue weighted by Crippen LogP contribution is 2.47. The minimum Gasteiger partial charge on any atom is -0.383 e. The van der Waals surface area contributed by atoms with Crippen LogP contribution in [-0.2, 0) is 21.5 Å². The second kappa shape index (κ2) is 7.72. The molecule has 0 saturated heterocycles. The number of carbonyl (C=O) groups is 1. The van der Waals surface area contributed by atoms with Gasteiger partial charge < -0.3 is 20.6 Å². The van der Waals surface area contributed by atoms with Crippen LogP contribution in [0.2, 0.25) is 0 Å². The largest absolute Gasteiger partial charge is 0.383 e. The number of ether oxygens (including phenoxy) is 1. The number of hydrogen-bond acceptors (Lipinski definition) is 7. The number of nitrogens with one attached hydrogen (secondary N) is 1. The first-order chi connectivity index (χ1) is 15.6. The molecule has 0 amide bonds. The van der Waals surface area contributed by atoms with Crippen molar-refractivity contribution in [2.45, 2.75) is 24.9 Å². The lowest BCUT2D eigenvalue weighted by Crippen LogP contribution is -2.38. The normalized spacial score (nSPS) is 19.6. The summed E-state index contributed by atoms with van der Waals surface area (Å²) >= 11 is 0. The van der Waals surface area contributed by atoms with Crippen molar-refractivity contribution in [3.63, 3.8) is 0 Å². The van der Waals surface area contributed by atoms with Crippen molar-refractivity contribution in [3.05, 3.63) is 65.7 Å². The number of nitrogens with two attached hydrogens (primary N) is 1. The van der Waals surface area contributed by atoms with E-state index >= 15 is 0 Å². The number of para-hydroxylation sites is 1. The second-order valence-corrected chi connectivity index (χ2v) is 8.06. The van der Waals surface area contributed by atoms with Gasteiger partial charge in [-0.1, -0.05) is 48.5 Å².